The molecule has 0 atom stereocenters. The van der Waals surface area contributed by atoms with Crippen molar-refractivity contribution in [2.45, 2.75) is 25.8 Å². The summed E-state index contributed by atoms with van der Waals surface area (Å²) in [7, 11) is 0. The molecule has 3 amide bonds. The predicted octanol–water partition coefficient (Wildman–Crippen LogP) is 3.67. The van der Waals surface area contributed by atoms with Crippen molar-refractivity contribution in [3.8, 4) is 0 Å². The Morgan fingerprint density at radius 3 is 2.50 bits per heavy atom. The van der Waals surface area contributed by atoms with Crippen LogP contribution in [0.1, 0.15) is 29.1 Å². The number of amides is 3. The quantitative estimate of drug-likeness (QED) is 0.669. The van der Waals surface area contributed by atoms with Gasteiger partial charge in [0, 0.05) is 29.9 Å². The average molecular weight is 350 g/mol. The van der Waals surface area contributed by atoms with Crippen LogP contribution < -0.4 is 16.0 Å². The van der Waals surface area contributed by atoms with Crippen molar-refractivity contribution in [1.29, 1.82) is 0 Å². The van der Waals surface area contributed by atoms with Gasteiger partial charge in [-0.05, 0) is 55.3 Å². The molecule has 1 aliphatic rings. The summed E-state index contributed by atoms with van der Waals surface area (Å²) in [6, 6.07) is 12.1. The first-order valence-electron chi connectivity index (χ1n) is 8.43. The maximum atomic E-state index is 12.4. The van der Waals surface area contributed by atoms with Gasteiger partial charge in [0.2, 0.25) is 0 Å². The smallest absolute Gasteiger partial charge is 0.319 e. The summed E-state index contributed by atoms with van der Waals surface area (Å²) >= 11 is 0. The van der Waals surface area contributed by atoms with Crippen LogP contribution in [0.15, 0.2) is 46.9 Å². The fourth-order valence-corrected chi connectivity index (χ4v) is 2.61. The van der Waals surface area contributed by atoms with Crippen molar-refractivity contribution in [2.24, 2.45) is 0 Å². The van der Waals surface area contributed by atoms with Crippen LogP contribution in [0.25, 0.3) is 11.1 Å². The number of nitrogens with zero attached hydrogens (tertiary/aromatic N) is 1. The molecule has 7 heteroatoms. The number of hydrogen-bond acceptors (Lipinski definition) is 4. The Labute approximate surface area is 149 Å². The third-order valence-electron chi connectivity index (χ3n) is 4.07. The minimum atomic E-state index is -0.237. The minimum absolute atomic E-state index is 0.221. The number of carbonyl (C=O) groups excluding carboxylic acids is 2. The van der Waals surface area contributed by atoms with Crippen molar-refractivity contribution in [3.63, 3.8) is 0 Å². The second-order valence-corrected chi connectivity index (χ2v) is 6.32. The lowest BCUT2D eigenvalue weighted by atomic mass is 10.2. The molecule has 1 saturated carbocycles. The van der Waals surface area contributed by atoms with Crippen molar-refractivity contribution >= 4 is 34.4 Å². The molecule has 132 valence electrons. The number of anilines is 2. The summed E-state index contributed by atoms with van der Waals surface area (Å²) in [6.45, 7) is 1.78. The molecule has 26 heavy (non-hydrogen) atoms. The Kier molecular flexibility index (Phi) is 4.04. The van der Waals surface area contributed by atoms with Gasteiger partial charge in [0.15, 0.2) is 11.5 Å². The Balaban J connectivity index is 1.40. The van der Waals surface area contributed by atoms with Crippen LogP contribution in [0.4, 0.5) is 16.2 Å². The van der Waals surface area contributed by atoms with E-state index in [0.29, 0.717) is 40.0 Å². The van der Waals surface area contributed by atoms with Crippen molar-refractivity contribution in [1.82, 2.24) is 10.3 Å². The van der Waals surface area contributed by atoms with Gasteiger partial charge in [0.05, 0.1) is 0 Å². The third-order valence-corrected chi connectivity index (χ3v) is 4.07. The molecule has 1 fully saturated rings. The highest BCUT2D eigenvalue weighted by molar-refractivity contribution is 6.05. The second-order valence-electron chi connectivity index (χ2n) is 6.32. The van der Waals surface area contributed by atoms with Crippen LogP contribution in [-0.2, 0) is 0 Å². The maximum absolute atomic E-state index is 12.4. The van der Waals surface area contributed by atoms with Crippen LogP contribution in [-0.4, -0.2) is 23.0 Å². The first-order chi connectivity index (χ1) is 12.6. The first kappa shape index (κ1) is 16.1. The minimum Gasteiger partial charge on any atom is -0.441 e. The molecule has 0 saturated heterocycles. The molecule has 0 bridgehead atoms. The summed E-state index contributed by atoms with van der Waals surface area (Å²) in [6.07, 6.45) is 2.07. The van der Waals surface area contributed by atoms with E-state index in [9.17, 15) is 9.59 Å². The van der Waals surface area contributed by atoms with Gasteiger partial charge in [0.1, 0.15) is 5.52 Å². The van der Waals surface area contributed by atoms with Gasteiger partial charge < -0.3 is 20.4 Å². The number of aryl methyl sites for hydroxylation is 1. The standard InChI is InChI=1S/C19H18N4O3/c1-11-20-16-10-15(8-9-17(16)26-11)21-18(24)12-2-4-13(5-3-12)22-19(25)23-14-6-7-14/h2-5,8-10,14H,6-7H2,1H3,(H,21,24)(H2,22,23,25). The highest BCUT2D eigenvalue weighted by Gasteiger charge is 2.23. The normalized spacial score (nSPS) is 13.4. The van der Waals surface area contributed by atoms with Crippen molar-refractivity contribution in [3.05, 3.63) is 53.9 Å². The molecule has 3 aromatic rings. The van der Waals surface area contributed by atoms with E-state index in [2.05, 4.69) is 20.9 Å². The van der Waals surface area contributed by atoms with E-state index in [0.717, 1.165) is 12.8 Å². The molecular weight excluding hydrogens is 332 g/mol. The summed E-state index contributed by atoms with van der Waals surface area (Å²) in [5, 5.41) is 8.43. The Morgan fingerprint density at radius 2 is 1.77 bits per heavy atom. The van der Waals surface area contributed by atoms with E-state index in [-0.39, 0.29) is 11.9 Å². The topological polar surface area (TPSA) is 96.3 Å². The number of carbonyl (C=O) groups is 2. The van der Waals surface area contributed by atoms with Crippen molar-refractivity contribution in [2.75, 3.05) is 10.6 Å². The zero-order valence-electron chi connectivity index (χ0n) is 14.2. The van der Waals surface area contributed by atoms with Crippen LogP contribution in [0.5, 0.6) is 0 Å². The Morgan fingerprint density at radius 1 is 1.04 bits per heavy atom. The number of fused-ring (bicyclic) bond motifs is 1. The fourth-order valence-electron chi connectivity index (χ4n) is 2.61. The molecule has 0 spiro atoms. The molecular formula is C19H18N4O3. The van der Waals surface area contributed by atoms with Crippen LogP contribution in [0.2, 0.25) is 0 Å². The molecule has 0 radical (unpaired) electrons. The van der Waals surface area contributed by atoms with Crippen molar-refractivity contribution < 1.29 is 14.0 Å². The number of oxazole rings is 1. The number of nitrogens with one attached hydrogen (secondary N) is 3. The third kappa shape index (κ3) is 3.66. The molecule has 0 unspecified atom stereocenters. The molecule has 7 nitrogen and oxygen atoms in total. The SMILES string of the molecule is Cc1nc2cc(NC(=O)c3ccc(NC(=O)NC4CC4)cc3)ccc2o1. The molecule has 3 N–H and O–H groups in total. The summed E-state index contributed by atoms with van der Waals surface area (Å²) in [4.78, 5) is 28.4. The highest BCUT2D eigenvalue weighted by atomic mass is 16.3. The lowest BCUT2D eigenvalue weighted by molar-refractivity contribution is 0.102. The number of urea groups is 1. The molecule has 1 heterocycles. The number of benzene rings is 2. The van der Waals surface area contributed by atoms with E-state index in [1.807, 2.05) is 0 Å². The number of aromatic nitrogens is 1. The monoisotopic (exact) mass is 350 g/mol. The summed E-state index contributed by atoms with van der Waals surface area (Å²) in [5.74, 6) is 0.343. The van der Waals surface area contributed by atoms with Crippen LogP contribution >= 0.6 is 0 Å². The van der Waals surface area contributed by atoms with Crippen LogP contribution in [0.3, 0.4) is 0 Å². The summed E-state index contributed by atoms with van der Waals surface area (Å²) < 4.78 is 5.42. The van der Waals surface area contributed by atoms with Gasteiger partial charge in [-0.3, -0.25) is 4.79 Å². The van der Waals surface area contributed by atoms with E-state index in [1.165, 1.54) is 0 Å². The molecule has 0 aliphatic heterocycles. The maximum Gasteiger partial charge on any atom is 0.319 e. The number of rotatable bonds is 4. The van der Waals surface area contributed by atoms with Gasteiger partial charge in [-0.2, -0.15) is 0 Å². The largest absolute Gasteiger partial charge is 0.441 e. The number of hydrogen-bond donors (Lipinski definition) is 3. The summed E-state index contributed by atoms with van der Waals surface area (Å²) in [5.41, 5.74) is 3.15. The van der Waals surface area contributed by atoms with Gasteiger partial charge in [-0.1, -0.05) is 0 Å². The molecule has 2 aromatic carbocycles. The zero-order valence-corrected chi connectivity index (χ0v) is 14.2. The fraction of sp³-hybridized carbons (Fsp3) is 0.211. The lowest BCUT2D eigenvalue weighted by Gasteiger charge is -2.08. The second kappa shape index (κ2) is 6.51. The van der Waals surface area contributed by atoms with E-state index in [4.69, 9.17) is 4.42 Å². The van der Waals surface area contributed by atoms with Gasteiger partial charge in [-0.15, -0.1) is 0 Å². The Hall–Kier alpha value is -3.35. The van der Waals surface area contributed by atoms with Crippen LogP contribution in [0, 0.1) is 6.92 Å². The molecule has 1 aromatic heterocycles. The van der Waals surface area contributed by atoms with E-state index >= 15 is 0 Å². The lowest BCUT2D eigenvalue weighted by Crippen LogP contribution is -2.30. The highest BCUT2D eigenvalue weighted by Crippen LogP contribution is 2.21. The van der Waals surface area contributed by atoms with E-state index in [1.54, 1.807) is 49.4 Å². The zero-order chi connectivity index (χ0) is 18.1. The van der Waals surface area contributed by atoms with Gasteiger partial charge in [0.25, 0.3) is 5.91 Å². The average Bonchev–Trinajstić information content (AvgIpc) is 3.33. The molecule has 1 aliphatic carbocycles. The van der Waals surface area contributed by atoms with Gasteiger partial charge in [-0.25, -0.2) is 9.78 Å². The first-order valence-corrected chi connectivity index (χ1v) is 8.43. The Bertz CT molecular complexity index is 974. The predicted molar refractivity (Wildman–Crippen MR) is 98.3 cm³/mol. The van der Waals surface area contributed by atoms with Gasteiger partial charge >= 0.3 is 6.03 Å². The molecule has 4 rings (SSSR count). The van der Waals surface area contributed by atoms with E-state index < -0.39 is 0 Å².